The van der Waals surface area contributed by atoms with Crippen LogP contribution in [-0.4, -0.2) is 5.16 Å². The van der Waals surface area contributed by atoms with Gasteiger partial charge in [0.05, 0.1) is 5.69 Å². The fraction of sp³-hybridized carbons (Fsp3) is 0.188. The molecule has 0 aliphatic carbocycles. The number of rotatable bonds is 5. The van der Waals surface area contributed by atoms with E-state index in [4.69, 9.17) is 16.1 Å². The van der Waals surface area contributed by atoms with Crippen LogP contribution in [0.4, 0.5) is 0 Å². The van der Waals surface area contributed by atoms with Gasteiger partial charge in [-0.1, -0.05) is 28.9 Å². The maximum atomic E-state index is 6.03. The molecule has 0 aliphatic heterocycles. The normalized spacial score (nSPS) is 10.5. The van der Waals surface area contributed by atoms with Gasteiger partial charge in [-0.2, -0.15) is 0 Å². The van der Waals surface area contributed by atoms with E-state index in [9.17, 15) is 0 Å². The summed E-state index contributed by atoms with van der Waals surface area (Å²) < 4.78 is 5.04. The topological polar surface area (TPSA) is 38.1 Å². The molecule has 116 valence electrons. The van der Waals surface area contributed by atoms with Gasteiger partial charge in [-0.05, 0) is 36.8 Å². The molecule has 0 amide bonds. The number of hydrogen-bond donors (Lipinski definition) is 1. The number of nitrogens with one attached hydrogen (secondary N) is 1. The van der Waals surface area contributed by atoms with E-state index in [1.165, 1.54) is 9.75 Å². The second kappa shape index (κ2) is 7.79. The first-order valence-corrected chi connectivity index (χ1v) is 7.88. The van der Waals surface area contributed by atoms with E-state index in [-0.39, 0.29) is 12.4 Å². The van der Waals surface area contributed by atoms with Crippen LogP contribution in [-0.2, 0) is 13.1 Å². The van der Waals surface area contributed by atoms with Crippen molar-refractivity contribution in [1.29, 1.82) is 0 Å². The zero-order valence-corrected chi connectivity index (χ0v) is 14.4. The fourth-order valence-electron chi connectivity index (χ4n) is 2.08. The Morgan fingerprint density at radius 3 is 2.77 bits per heavy atom. The average molecular weight is 355 g/mol. The fourth-order valence-corrected chi connectivity index (χ4v) is 3.25. The van der Waals surface area contributed by atoms with E-state index in [2.05, 4.69) is 28.7 Å². The predicted octanol–water partition coefficient (Wildman–Crippen LogP) is 5.08. The Morgan fingerprint density at radius 2 is 2.05 bits per heavy atom. The molecule has 3 rings (SSSR count). The molecule has 0 atom stereocenters. The van der Waals surface area contributed by atoms with Gasteiger partial charge in [-0.3, -0.25) is 0 Å². The average Bonchev–Trinajstić information content (AvgIpc) is 3.08. The summed E-state index contributed by atoms with van der Waals surface area (Å²) in [5, 5.41) is 8.10. The first-order valence-electron chi connectivity index (χ1n) is 6.68. The lowest BCUT2D eigenvalue weighted by Crippen LogP contribution is -2.11. The minimum Gasteiger partial charge on any atom is -0.361 e. The maximum Gasteiger partial charge on any atom is 0.133 e. The van der Waals surface area contributed by atoms with Gasteiger partial charge in [0.15, 0.2) is 0 Å². The van der Waals surface area contributed by atoms with Crippen molar-refractivity contribution in [2.75, 3.05) is 0 Å². The summed E-state index contributed by atoms with van der Waals surface area (Å²) in [5.74, 6) is 0.839. The number of aromatic nitrogens is 1. The Kier molecular flexibility index (Phi) is 6.03. The van der Waals surface area contributed by atoms with Gasteiger partial charge in [0.2, 0.25) is 0 Å². The zero-order chi connectivity index (χ0) is 14.7. The molecule has 0 saturated carbocycles. The summed E-state index contributed by atoms with van der Waals surface area (Å²) in [6.45, 7) is 3.42. The molecular formula is C16H16Cl2N2OS. The molecule has 3 aromatic rings. The van der Waals surface area contributed by atoms with Crippen molar-refractivity contribution >= 4 is 35.3 Å². The summed E-state index contributed by atoms with van der Waals surface area (Å²) in [6, 6.07) is 14.1. The number of thiophene rings is 1. The molecule has 0 unspecified atom stereocenters. The van der Waals surface area contributed by atoms with Crippen LogP contribution in [0.1, 0.15) is 16.3 Å². The Labute approximate surface area is 144 Å². The van der Waals surface area contributed by atoms with Crippen molar-refractivity contribution in [1.82, 2.24) is 10.5 Å². The van der Waals surface area contributed by atoms with Gasteiger partial charge in [-0.15, -0.1) is 23.7 Å². The summed E-state index contributed by atoms with van der Waals surface area (Å²) in [7, 11) is 0. The number of benzene rings is 1. The van der Waals surface area contributed by atoms with Crippen molar-refractivity contribution in [2.45, 2.75) is 20.0 Å². The molecule has 22 heavy (non-hydrogen) atoms. The first-order chi connectivity index (χ1) is 10.2. The lowest BCUT2D eigenvalue weighted by atomic mass is 10.2. The van der Waals surface area contributed by atoms with Gasteiger partial charge in [-0.25, -0.2) is 0 Å². The second-order valence-electron chi connectivity index (χ2n) is 4.81. The quantitative estimate of drug-likeness (QED) is 0.694. The van der Waals surface area contributed by atoms with Crippen LogP contribution < -0.4 is 5.32 Å². The lowest BCUT2D eigenvalue weighted by Gasteiger charge is -2.00. The zero-order valence-electron chi connectivity index (χ0n) is 12.0. The lowest BCUT2D eigenvalue weighted by molar-refractivity contribution is 0.388. The summed E-state index contributed by atoms with van der Waals surface area (Å²) in [5.41, 5.74) is 2.09. The van der Waals surface area contributed by atoms with Gasteiger partial charge in [0.25, 0.3) is 0 Å². The number of nitrogens with zero attached hydrogens (tertiary/aromatic N) is 1. The van der Waals surface area contributed by atoms with Crippen molar-refractivity contribution in [3.63, 3.8) is 0 Å². The van der Waals surface area contributed by atoms with Crippen molar-refractivity contribution in [2.24, 2.45) is 0 Å². The Morgan fingerprint density at radius 1 is 1.18 bits per heavy atom. The molecular weight excluding hydrogens is 339 g/mol. The van der Waals surface area contributed by atoms with E-state index in [0.29, 0.717) is 6.54 Å². The van der Waals surface area contributed by atoms with Gasteiger partial charge >= 0.3 is 0 Å². The van der Waals surface area contributed by atoms with Crippen LogP contribution >= 0.6 is 35.3 Å². The minimum atomic E-state index is 0. The highest BCUT2D eigenvalue weighted by molar-refractivity contribution is 7.15. The Balaban J connectivity index is 0.00000176. The molecule has 1 N–H and O–H groups in total. The van der Waals surface area contributed by atoms with E-state index in [0.717, 1.165) is 28.6 Å². The maximum absolute atomic E-state index is 6.03. The molecule has 0 spiro atoms. The van der Waals surface area contributed by atoms with E-state index >= 15 is 0 Å². The van der Waals surface area contributed by atoms with Crippen LogP contribution in [0.15, 0.2) is 47.0 Å². The van der Waals surface area contributed by atoms with Crippen LogP contribution in [0.5, 0.6) is 0 Å². The third-order valence-electron chi connectivity index (χ3n) is 3.05. The first kappa shape index (κ1) is 17.0. The largest absolute Gasteiger partial charge is 0.361 e. The molecule has 3 nitrogen and oxygen atoms in total. The van der Waals surface area contributed by atoms with Gasteiger partial charge < -0.3 is 9.84 Å². The molecule has 0 radical (unpaired) electrons. The van der Waals surface area contributed by atoms with Crippen LogP contribution in [0.25, 0.3) is 10.4 Å². The van der Waals surface area contributed by atoms with Gasteiger partial charge in [0.1, 0.15) is 5.76 Å². The summed E-state index contributed by atoms with van der Waals surface area (Å²) in [6.07, 6.45) is 0. The molecule has 0 aliphatic rings. The van der Waals surface area contributed by atoms with Crippen LogP contribution in [0.2, 0.25) is 5.02 Å². The molecule has 0 saturated heterocycles. The SMILES string of the molecule is Cc1cc(CNCc2ccc(-c3cccc(Cl)c3)s2)no1.Cl. The molecule has 0 fully saturated rings. The number of hydrogen-bond acceptors (Lipinski definition) is 4. The standard InChI is InChI=1S/C16H15ClN2OS.ClH/c1-11-7-14(19-20-11)9-18-10-15-5-6-16(21-15)12-3-2-4-13(17)8-12;/h2-8,18H,9-10H2,1H3;1H. The molecule has 1 aromatic carbocycles. The third kappa shape index (κ3) is 4.34. The highest BCUT2D eigenvalue weighted by atomic mass is 35.5. The van der Waals surface area contributed by atoms with Crippen LogP contribution in [0.3, 0.4) is 0 Å². The Bertz CT molecular complexity index is 739. The van der Waals surface area contributed by atoms with Gasteiger partial charge in [0, 0.05) is 33.9 Å². The highest BCUT2D eigenvalue weighted by Crippen LogP contribution is 2.29. The van der Waals surface area contributed by atoms with Crippen molar-refractivity contribution < 1.29 is 4.52 Å². The molecule has 2 heterocycles. The summed E-state index contributed by atoms with van der Waals surface area (Å²) in [4.78, 5) is 2.51. The number of aryl methyl sites for hydroxylation is 1. The summed E-state index contributed by atoms with van der Waals surface area (Å²) >= 11 is 7.80. The van der Waals surface area contributed by atoms with Crippen LogP contribution in [0, 0.1) is 6.92 Å². The molecule has 0 bridgehead atoms. The smallest absolute Gasteiger partial charge is 0.133 e. The molecule has 2 aromatic heterocycles. The second-order valence-corrected chi connectivity index (χ2v) is 6.41. The third-order valence-corrected chi connectivity index (χ3v) is 4.42. The predicted molar refractivity (Wildman–Crippen MR) is 93.8 cm³/mol. The minimum absolute atomic E-state index is 0. The number of halogens is 2. The molecule has 6 heteroatoms. The van der Waals surface area contributed by atoms with E-state index in [1.807, 2.05) is 31.2 Å². The van der Waals surface area contributed by atoms with Crippen molar-refractivity contribution in [3.8, 4) is 10.4 Å². The van der Waals surface area contributed by atoms with E-state index < -0.39 is 0 Å². The Hall–Kier alpha value is -1.33. The monoisotopic (exact) mass is 354 g/mol. The highest BCUT2D eigenvalue weighted by Gasteiger charge is 2.04. The van der Waals surface area contributed by atoms with E-state index in [1.54, 1.807) is 11.3 Å². The van der Waals surface area contributed by atoms with Crippen molar-refractivity contribution in [3.05, 3.63) is 63.8 Å².